The Morgan fingerprint density at radius 1 is 1.08 bits per heavy atom. The Labute approximate surface area is 137 Å². The fraction of sp³-hybridized carbons (Fsp3) is 0.0625. The molecule has 8 nitrogen and oxygen atoms in total. The first-order chi connectivity index (χ1) is 11.6. The first-order valence-electron chi connectivity index (χ1n) is 7.00. The molecule has 0 aliphatic carbocycles. The minimum absolute atomic E-state index is 0.107. The van der Waals surface area contributed by atoms with Crippen molar-refractivity contribution in [2.45, 2.75) is 0 Å². The predicted molar refractivity (Wildman–Crippen MR) is 90.9 cm³/mol. The molecule has 1 aromatic carbocycles. The average molecular weight is 325 g/mol. The lowest BCUT2D eigenvalue weighted by molar-refractivity contribution is 0.187. The minimum atomic E-state index is -0.677. The highest BCUT2D eigenvalue weighted by atomic mass is 16.5. The number of methoxy groups -OCH3 is 1. The Hall–Kier alpha value is -3.55. The van der Waals surface area contributed by atoms with Gasteiger partial charge in [-0.2, -0.15) is 0 Å². The van der Waals surface area contributed by atoms with E-state index in [1.165, 1.54) is 13.3 Å². The number of anilines is 3. The van der Waals surface area contributed by atoms with E-state index >= 15 is 0 Å². The van der Waals surface area contributed by atoms with Gasteiger partial charge in [0.1, 0.15) is 11.4 Å². The van der Waals surface area contributed by atoms with Crippen LogP contribution in [-0.2, 0) is 4.74 Å². The number of nitrogens with one attached hydrogen (secondary N) is 1. The van der Waals surface area contributed by atoms with Crippen molar-refractivity contribution in [1.82, 2.24) is 9.97 Å². The summed E-state index contributed by atoms with van der Waals surface area (Å²) in [7, 11) is 1.25. The van der Waals surface area contributed by atoms with Crippen LogP contribution in [0.1, 0.15) is 0 Å². The number of pyridine rings is 2. The van der Waals surface area contributed by atoms with E-state index in [-0.39, 0.29) is 11.5 Å². The molecule has 0 radical (unpaired) electrons. The predicted octanol–water partition coefficient (Wildman–Crippen LogP) is 2.76. The number of nitrogens with zero attached hydrogens (tertiary/aromatic N) is 2. The van der Waals surface area contributed by atoms with Crippen LogP contribution in [0.4, 0.5) is 22.0 Å². The average Bonchev–Trinajstić information content (AvgIpc) is 2.60. The molecule has 122 valence electrons. The van der Waals surface area contributed by atoms with Crippen LogP contribution < -0.4 is 21.5 Å². The third-order valence-corrected chi connectivity index (χ3v) is 3.34. The highest BCUT2D eigenvalue weighted by molar-refractivity contribution is 5.95. The first kappa shape index (κ1) is 15.3. The number of amides is 1. The number of nitrogen functional groups attached to an aromatic ring is 2. The van der Waals surface area contributed by atoms with Crippen molar-refractivity contribution in [1.29, 1.82) is 0 Å². The van der Waals surface area contributed by atoms with E-state index < -0.39 is 6.09 Å². The van der Waals surface area contributed by atoms with Crippen molar-refractivity contribution >= 4 is 34.2 Å². The highest BCUT2D eigenvalue weighted by Crippen LogP contribution is 2.36. The van der Waals surface area contributed by atoms with Gasteiger partial charge in [-0.05, 0) is 24.3 Å². The van der Waals surface area contributed by atoms with Crippen molar-refractivity contribution < 1.29 is 14.3 Å². The Bertz CT molecular complexity index is 913. The number of benzene rings is 1. The molecule has 24 heavy (non-hydrogen) atoms. The summed E-state index contributed by atoms with van der Waals surface area (Å²) in [6, 6.07) is 8.62. The van der Waals surface area contributed by atoms with E-state index in [0.717, 1.165) is 5.39 Å². The number of hydrogen-bond donors (Lipinski definition) is 3. The molecule has 2 aromatic heterocycles. The van der Waals surface area contributed by atoms with Gasteiger partial charge in [-0.15, -0.1) is 0 Å². The summed E-state index contributed by atoms with van der Waals surface area (Å²) >= 11 is 0. The summed E-state index contributed by atoms with van der Waals surface area (Å²) in [5.41, 5.74) is 13.1. The van der Waals surface area contributed by atoms with E-state index in [0.29, 0.717) is 22.7 Å². The summed E-state index contributed by atoms with van der Waals surface area (Å²) in [6.45, 7) is 0. The van der Waals surface area contributed by atoms with Gasteiger partial charge in [0.05, 0.1) is 18.3 Å². The van der Waals surface area contributed by atoms with Crippen LogP contribution in [0, 0.1) is 0 Å². The normalized spacial score (nSPS) is 10.4. The lowest BCUT2D eigenvalue weighted by Gasteiger charge is -2.14. The third-order valence-electron chi connectivity index (χ3n) is 3.34. The van der Waals surface area contributed by atoms with Crippen LogP contribution in [0.2, 0.25) is 0 Å². The Morgan fingerprint density at radius 3 is 2.71 bits per heavy atom. The van der Waals surface area contributed by atoms with E-state index in [2.05, 4.69) is 20.0 Å². The number of carbonyl (C=O) groups excluding carboxylic acids is 1. The largest absolute Gasteiger partial charge is 0.454 e. The molecule has 8 heteroatoms. The van der Waals surface area contributed by atoms with Crippen molar-refractivity contribution in [2.24, 2.45) is 0 Å². The zero-order valence-corrected chi connectivity index (χ0v) is 12.8. The molecule has 1 amide bonds. The molecule has 0 bridgehead atoms. The van der Waals surface area contributed by atoms with Crippen LogP contribution in [0.5, 0.6) is 11.5 Å². The van der Waals surface area contributed by atoms with Crippen LogP contribution in [0.3, 0.4) is 0 Å². The maximum absolute atomic E-state index is 11.5. The number of ether oxygens (including phenoxy) is 2. The standard InChI is InChI=1S/C16H15N5O3/c1-23-16(22)21-14-12(6-8-20-15(14)18)24-11-5-4-10(17)13-9(11)3-2-7-19-13/h2-8H,17H2,1H3,(H2,18,20)(H,21,22). The number of carbonyl (C=O) groups is 1. The second-order valence-corrected chi connectivity index (χ2v) is 4.84. The molecule has 5 N–H and O–H groups in total. The van der Waals surface area contributed by atoms with Crippen LogP contribution >= 0.6 is 0 Å². The molecule has 0 aliphatic heterocycles. The van der Waals surface area contributed by atoms with Crippen molar-refractivity contribution in [3.8, 4) is 11.5 Å². The van der Waals surface area contributed by atoms with Gasteiger partial charge in [0.15, 0.2) is 11.6 Å². The monoisotopic (exact) mass is 325 g/mol. The Kier molecular flexibility index (Phi) is 4.02. The lowest BCUT2D eigenvalue weighted by atomic mass is 10.1. The summed E-state index contributed by atoms with van der Waals surface area (Å²) in [5.74, 6) is 0.949. The SMILES string of the molecule is COC(=O)Nc1c(Oc2ccc(N)c3ncccc23)ccnc1N. The molecular weight excluding hydrogens is 310 g/mol. The van der Waals surface area contributed by atoms with Crippen molar-refractivity contribution in [2.75, 3.05) is 23.9 Å². The van der Waals surface area contributed by atoms with Crippen LogP contribution in [0.15, 0.2) is 42.7 Å². The summed E-state index contributed by atoms with van der Waals surface area (Å²) in [5, 5.41) is 3.23. The van der Waals surface area contributed by atoms with E-state index in [9.17, 15) is 4.79 Å². The summed E-state index contributed by atoms with van der Waals surface area (Å²) in [6.07, 6.45) is 2.45. The van der Waals surface area contributed by atoms with Gasteiger partial charge in [0, 0.05) is 23.8 Å². The number of rotatable bonds is 3. The van der Waals surface area contributed by atoms with Gasteiger partial charge >= 0.3 is 6.09 Å². The van der Waals surface area contributed by atoms with Gasteiger partial charge in [-0.3, -0.25) is 10.3 Å². The maximum atomic E-state index is 11.5. The molecular formula is C16H15N5O3. The van der Waals surface area contributed by atoms with Gasteiger partial charge in [-0.25, -0.2) is 9.78 Å². The molecule has 0 unspecified atom stereocenters. The van der Waals surface area contributed by atoms with Gasteiger partial charge in [0.2, 0.25) is 0 Å². The van der Waals surface area contributed by atoms with E-state index in [4.69, 9.17) is 16.2 Å². The zero-order valence-electron chi connectivity index (χ0n) is 12.8. The third kappa shape index (κ3) is 2.84. The fourth-order valence-corrected chi connectivity index (χ4v) is 2.20. The highest BCUT2D eigenvalue weighted by Gasteiger charge is 2.15. The second kappa shape index (κ2) is 6.29. The Balaban J connectivity index is 2.05. The van der Waals surface area contributed by atoms with Crippen molar-refractivity contribution in [3.63, 3.8) is 0 Å². The number of hydrogen-bond acceptors (Lipinski definition) is 7. The van der Waals surface area contributed by atoms with E-state index in [1.54, 1.807) is 30.5 Å². The molecule has 0 saturated heterocycles. The number of aromatic nitrogens is 2. The van der Waals surface area contributed by atoms with Crippen molar-refractivity contribution in [3.05, 3.63) is 42.7 Å². The fourth-order valence-electron chi connectivity index (χ4n) is 2.20. The second-order valence-electron chi connectivity index (χ2n) is 4.84. The lowest BCUT2D eigenvalue weighted by Crippen LogP contribution is -2.13. The zero-order chi connectivity index (χ0) is 17.1. The van der Waals surface area contributed by atoms with Crippen LogP contribution in [0.25, 0.3) is 10.9 Å². The quantitative estimate of drug-likeness (QED) is 0.632. The molecule has 2 heterocycles. The summed E-state index contributed by atoms with van der Waals surface area (Å²) in [4.78, 5) is 19.7. The Morgan fingerprint density at radius 2 is 1.92 bits per heavy atom. The smallest absolute Gasteiger partial charge is 0.411 e. The minimum Gasteiger partial charge on any atom is -0.454 e. The van der Waals surface area contributed by atoms with E-state index in [1.807, 2.05) is 6.07 Å². The van der Waals surface area contributed by atoms with Gasteiger partial charge < -0.3 is 20.9 Å². The number of nitrogens with two attached hydrogens (primary N) is 2. The molecule has 3 rings (SSSR count). The number of fused-ring (bicyclic) bond motifs is 1. The van der Waals surface area contributed by atoms with Crippen LogP contribution in [-0.4, -0.2) is 23.2 Å². The van der Waals surface area contributed by atoms with Gasteiger partial charge in [0.25, 0.3) is 0 Å². The topological polar surface area (TPSA) is 125 Å². The van der Waals surface area contributed by atoms with Gasteiger partial charge in [-0.1, -0.05) is 0 Å². The molecule has 0 spiro atoms. The molecule has 0 atom stereocenters. The summed E-state index contributed by atoms with van der Waals surface area (Å²) < 4.78 is 10.5. The maximum Gasteiger partial charge on any atom is 0.411 e. The molecule has 0 fully saturated rings. The molecule has 0 aliphatic rings. The molecule has 3 aromatic rings. The molecule has 0 saturated carbocycles. The first-order valence-corrected chi connectivity index (χ1v) is 7.00.